The molecule has 0 saturated carbocycles. The van der Waals surface area contributed by atoms with Crippen LogP contribution in [0.4, 0.5) is 0 Å². The molecule has 0 bridgehead atoms. The van der Waals surface area contributed by atoms with Gasteiger partial charge in [0.1, 0.15) is 5.75 Å². The molecule has 184 valence electrons. The van der Waals surface area contributed by atoms with Crippen molar-refractivity contribution in [2.45, 2.75) is 6.92 Å². The van der Waals surface area contributed by atoms with Crippen LogP contribution in [0, 0.1) is 0 Å². The number of nitrogens with one attached hydrogen (secondary N) is 2. The minimum atomic E-state index is -0.422. The van der Waals surface area contributed by atoms with Crippen LogP contribution in [-0.4, -0.2) is 66.9 Å². The van der Waals surface area contributed by atoms with Crippen LogP contribution in [0.15, 0.2) is 46.9 Å². The van der Waals surface area contributed by atoms with E-state index in [-0.39, 0.29) is 11.7 Å². The minimum Gasteiger partial charge on any atom is -0.506 e. The number of morpholine rings is 1. The van der Waals surface area contributed by atoms with Crippen LogP contribution in [0.5, 0.6) is 5.75 Å². The molecule has 1 aliphatic heterocycles. The van der Waals surface area contributed by atoms with Gasteiger partial charge in [-0.15, -0.1) is 22.7 Å². The van der Waals surface area contributed by atoms with Crippen molar-refractivity contribution in [2.75, 3.05) is 39.4 Å². The number of benzene rings is 1. The molecule has 0 unspecified atom stereocenters. The number of amides is 2. The van der Waals surface area contributed by atoms with Crippen LogP contribution in [0.25, 0.3) is 10.4 Å². The second-order valence-corrected chi connectivity index (χ2v) is 10.2. The molecule has 0 radical (unpaired) electrons. The number of nitrogens with zero attached hydrogens (tertiary/aromatic N) is 2. The molecule has 2 amide bonds. The van der Waals surface area contributed by atoms with E-state index in [4.69, 9.17) is 16.3 Å². The third-order valence-electron chi connectivity index (χ3n) is 5.46. The Hall–Kier alpha value is -2.76. The first-order chi connectivity index (χ1) is 16.9. The third-order valence-corrected chi connectivity index (χ3v) is 7.81. The lowest BCUT2D eigenvalue weighted by atomic mass is 10.1. The monoisotopic (exact) mass is 532 g/mol. The van der Waals surface area contributed by atoms with Gasteiger partial charge in [-0.3, -0.25) is 14.5 Å². The quantitative estimate of drug-likeness (QED) is 0.300. The molecule has 0 atom stereocenters. The molecular weight excluding hydrogens is 508 g/mol. The minimum absolute atomic E-state index is 0.0972. The third kappa shape index (κ3) is 6.47. The van der Waals surface area contributed by atoms with Gasteiger partial charge in [-0.25, -0.2) is 5.43 Å². The Labute approximate surface area is 216 Å². The van der Waals surface area contributed by atoms with Crippen molar-refractivity contribution in [3.05, 3.63) is 62.1 Å². The molecule has 2 aromatic heterocycles. The lowest BCUT2D eigenvalue weighted by molar-refractivity contribution is 0.0383. The van der Waals surface area contributed by atoms with Gasteiger partial charge in [-0.2, -0.15) is 5.10 Å². The van der Waals surface area contributed by atoms with Gasteiger partial charge in [-0.05, 0) is 36.8 Å². The Morgan fingerprint density at radius 3 is 2.51 bits per heavy atom. The van der Waals surface area contributed by atoms with Crippen LogP contribution in [0.2, 0.25) is 5.02 Å². The number of hydrazone groups is 1. The first-order valence-electron chi connectivity index (χ1n) is 11.0. The van der Waals surface area contributed by atoms with E-state index in [1.807, 2.05) is 12.1 Å². The Morgan fingerprint density at radius 1 is 1.11 bits per heavy atom. The summed E-state index contributed by atoms with van der Waals surface area (Å²) in [6.07, 6.45) is 0. The zero-order valence-electron chi connectivity index (χ0n) is 19.0. The standard InChI is InChI=1S/C24H25ClN4O4S2/c1-15(18-14-34-22(21(18)30)16-2-4-17(25)5-3-16)27-28-24(32)20-7-6-19(35-20)23(31)26-8-9-29-10-12-33-13-11-29/h2-7,14,30H,8-13H2,1H3,(H,26,31)(H,28,32). The zero-order valence-corrected chi connectivity index (χ0v) is 21.4. The van der Waals surface area contributed by atoms with Gasteiger partial charge in [0.2, 0.25) is 0 Å². The molecule has 1 aliphatic rings. The Balaban J connectivity index is 1.32. The first kappa shape index (κ1) is 25.3. The summed E-state index contributed by atoms with van der Waals surface area (Å²) in [4.78, 5) is 28.7. The van der Waals surface area contributed by atoms with Crippen LogP contribution in [0.1, 0.15) is 31.8 Å². The second-order valence-electron chi connectivity index (χ2n) is 7.85. The van der Waals surface area contributed by atoms with Crippen molar-refractivity contribution in [1.29, 1.82) is 0 Å². The predicted octanol–water partition coefficient (Wildman–Crippen LogP) is 4.05. The van der Waals surface area contributed by atoms with E-state index >= 15 is 0 Å². The summed E-state index contributed by atoms with van der Waals surface area (Å²) in [5, 5.41) is 20.1. The number of carbonyl (C=O) groups is 2. The maximum Gasteiger partial charge on any atom is 0.281 e. The largest absolute Gasteiger partial charge is 0.506 e. The van der Waals surface area contributed by atoms with E-state index in [0.29, 0.717) is 37.5 Å². The van der Waals surface area contributed by atoms with E-state index in [2.05, 4.69) is 20.7 Å². The molecule has 35 heavy (non-hydrogen) atoms. The number of hydrogen-bond donors (Lipinski definition) is 3. The molecule has 1 aromatic carbocycles. The van der Waals surface area contributed by atoms with Crippen molar-refractivity contribution in [3.63, 3.8) is 0 Å². The highest BCUT2D eigenvalue weighted by molar-refractivity contribution is 7.16. The number of hydrogen-bond acceptors (Lipinski definition) is 8. The maximum atomic E-state index is 12.6. The summed E-state index contributed by atoms with van der Waals surface area (Å²) in [7, 11) is 0. The maximum absolute atomic E-state index is 12.6. The summed E-state index contributed by atoms with van der Waals surface area (Å²) in [5.41, 5.74) is 4.34. The molecule has 4 rings (SSSR count). The van der Waals surface area contributed by atoms with Crippen molar-refractivity contribution < 1.29 is 19.4 Å². The predicted molar refractivity (Wildman–Crippen MR) is 140 cm³/mol. The van der Waals surface area contributed by atoms with Gasteiger partial charge in [0.15, 0.2) is 0 Å². The molecular formula is C24H25ClN4O4S2. The molecule has 3 N–H and O–H groups in total. The zero-order chi connectivity index (χ0) is 24.8. The Morgan fingerprint density at radius 2 is 1.80 bits per heavy atom. The number of rotatable bonds is 8. The molecule has 0 aliphatic carbocycles. The van der Waals surface area contributed by atoms with E-state index in [0.717, 1.165) is 49.7 Å². The lowest BCUT2D eigenvalue weighted by Gasteiger charge is -2.26. The fourth-order valence-electron chi connectivity index (χ4n) is 3.49. The number of halogens is 1. The van der Waals surface area contributed by atoms with Gasteiger partial charge >= 0.3 is 0 Å². The summed E-state index contributed by atoms with van der Waals surface area (Å²) in [5.74, 6) is -0.533. The highest BCUT2D eigenvalue weighted by Crippen LogP contribution is 2.39. The summed E-state index contributed by atoms with van der Waals surface area (Å²) in [6, 6.07) is 10.4. The number of aromatic hydroxyl groups is 1. The number of ether oxygens (including phenoxy) is 1. The fourth-order valence-corrected chi connectivity index (χ4v) is 5.44. The topological polar surface area (TPSA) is 103 Å². The molecule has 0 spiro atoms. The summed E-state index contributed by atoms with van der Waals surface area (Å²) >= 11 is 8.42. The van der Waals surface area contributed by atoms with E-state index in [1.165, 1.54) is 11.3 Å². The highest BCUT2D eigenvalue weighted by Gasteiger charge is 2.17. The van der Waals surface area contributed by atoms with Crippen LogP contribution in [0.3, 0.4) is 0 Å². The van der Waals surface area contributed by atoms with Crippen molar-refractivity contribution in [1.82, 2.24) is 15.6 Å². The fraction of sp³-hybridized carbons (Fsp3) is 0.292. The van der Waals surface area contributed by atoms with Gasteiger partial charge in [0, 0.05) is 36.6 Å². The van der Waals surface area contributed by atoms with Crippen molar-refractivity contribution in [2.24, 2.45) is 5.10 Å². The van der Waals surface area contributed by atoms with Crippen LogP contribution >= 0.6 is 34.3 Å². The molecule has 1 fully saturated rings. The van der Waals surface area contributed by atoms with Crippen molar-refractivity contribution >= 4 is 51.8 Å². The van der Waals surface area contributed by atoms with E-state index in [1.54, 1.807) is 36.6 Å². The number of thiophene rings is 2. The summed E-state index contributed by atoms with van der Waals surface area (Å²) in [6.45, 7) is 6.16. The molecule has 3 heterocycles. The average molecular weight is 533 g/mol. The lowest BCUT2D eigenvalue weighted by Crippen LogP contribution is -2.41. The highest BCUT2D eigenvalue weighted by atomic mass is 35.5. The van der Waals surface area contributed by atoms with Gasteiger partial charge < -0.3 is 15.2 Å². The normalized spacial score (nSPS) is 14.6. The van der Waals surface area contributed by atoms with Crippen LogP contribution in [-0.2, 0) is 4.74 Å². The first-order valence-corrected chi connectivity index (χ1v) is 13.1. The van der Waals surface area contributed by atoms with Gasteiger partial charge in [-0.1, -0.05) is 23.7 Å². The molecule has 8 nitrogen and oxygen atoms in total. The van der Waals surface area contributed by atoms with Gasteiger partial charge in [0.05, 0.1) is 39.1 Å². The SMILES string of the molecule is CC(=NNC(=O)c1ccc(C(=O)NCCN2CCOCC2)s1)c1csc(-c2ccc(Cl)cc2)c1O. The second kappa shape index (κ2) is 11.8. The van der Waals surface area contributed by atoms with E-state index < -0.39 is 5.91 Å². The number of carbonyl (C=O) groups excluding carboxylic acids is 2. The van der Waals surface area contributed by atoms with Gasteiger partial charge in [0.25, 0.3) is 11.8 Å². The molecule has 1 saturated heterocycles. The smallest absolute Gasteiger partial charge is 0.281 e. The Bertz CT molecular complexity index is 1220. The summed E-state index contributed by atoms with van der Waals surface area (Å²) < 4.78 is 5.32. The van der Waals surface area contributed by atoms with E-state index in [9.17, 15) is 14.7 Å². The molecule has 11 heteroatoms. The van der Waals surface area contributed by atoms with Crippen molar-refractivity contribution in [3.8, 4) is 16.2 Å². The molecule has 3 aromatic rings. The average Bonchev–Trinajstić information content (AvgIpc) is 3.51. The van der Waals surface area contributed by atoms with Crippen LogP contribution < -0.4 is 10.7 Å². The Kier molecular flexibility index (Phi) is 8.53.